The summed E-state index contributed by atoms with van der Waals surface area (Å²) in [7, 11) is 1.88. The average Bonchev–Trinajstić information content (AvgIpc) is 2.61. The smallest absolute Gasteiger partial charge is 0.0786 e. The van der Waals surface area contributed by atoms with E-state index >= 15 is 0 Å². The molecule has 1 heterocycles. The Morgan fingerprint density at radius 2 is 2.00 bits per heavy atom. The largest absolute Gasteiger partial charge is 0.388 e. The van der Waals surface area contributed by atoms with E-state index in [2.05, 4.69) is 22.8 Å². The van der Waals surface area contributed by atoms with Gasteiger partial charge in [-0.2, -0.15) is 0 Å². The lowest BCUT2D eigenvalue weighted by atomic mass is 9.92. The quantitative estimate of drug-likeness (QED) is 0.857. The van der Waals surface area contributed by atoms with Crippen LogP contribution in [0.1, 0.15) is 25.5 Å². The summed E-state index contributed by atoms with van der Waals surface area (Å²) < 4.78 is 1.27. The number of aliphatic hydroxyl groups is 1. The molecule has 0 saturated heterocycles. The predicted molar refractivity (Wildman–Crippen MR) is 69.9 cm³/mol. The predicted octanol–water partition coefficient (Wildman–Crippen LogP) is 2.93. The molecule has 1 atom stereocenters. The van der Waals surface area contributed by atoms with Gasteiger partial charge in [0.2, 0.25) is 0 Å². The van der Waals surface area contributed by atoms with Crippen LogP contribution >= 0.6 is 11.3 Å². The van der Waals surface area contributed by atoms with Crippen molar-refractivity contribution in [3.63, 3.8) is 0 Å². The van der Waals surface area contributed by atoms with Gasteiger partial charge in [0, 0.05) is 4.70 Å². The maximum Gasteiger partial charge on any atom is 0.0786 e. The van der Waals surface area contributed by atoms with Gasteiger partial charge in [-0.1, -0.05) is 18.2 Å². The second-order valence-electron chi connectivity index (χ2n) is 4.56. The molecule has 1 unspecified atom stereocenters. The Hall–Kier alpha value is -0.900. The number of hydrogen-bond donors (Lipinski definition) is 2. The molecule has 0 aliphatic rings. The van der Waals surface area contributed by atoms with Crippen LogP contribution in [0.3, 0.4) is 0 Å². The zero-order valence-corrected chi connectivity index (χ0v) is 10.6. The second-order valence-corrected chi connectivity index (χ2v) is 5.47. The molecule has 86 valence electrons. The van der Waals surface area contributed by atoms with E-state index in [1.54, 1.807) is 11.3 Å². The highest BCUT2D eigenvalue weighted by Crippen LogP contribution is 2.34. The lowest BCUT2D eigenvalue weighted by Gasteiger charge is -2.28. The molecule has 3 heteroatoms. The van der Waals surface area contributed by atoms with Crippen molar-refractivity contribution in [2.75, 3.05) is 7.05 Å². The molecule has 0 spiro atoms. The topological polar surface area (TPSA) is 32.3 Å². The van der Waals surface area contributed by atoms with Crippen molar-refractivity contribution in [3.8, 4) is 0 Å². The van der Waals surface area contributed by atoms with Crippen LogP contribution in [0.5, 0.6) is 0 Å². The van der Waals surface area contributed by atoms with Gasteiger partial charge in [0.15, 0.2) is 0 Å². The maximum absolute atomic E-state index is 10.2. The van der Waals surface area contributed by atoms with Crippen LogP contribution in [0.2, 0.25) is 0 Å². The van der Waals surface area contributed by atoms with E-state index in [-0.39, 0.29) is 6.04 Å². The normalized spacial score (nSPS) is 14.2. The van der Waals surface area contributed by atoms with E-state index in [0.717, 1.165) is 0 Å². The molecular weight excluding hydrogens is 218 g/mol. The van der Waals surface area contributed by atoms with Gasteiger partial charge in [0.1, 0.15) is 0 Å². The fourth-order valence-corrected chi connectivity index (χ4v) is 3.10. The number of benzene rings is 1. The van der Waals surface area contributed by atoms with Crippen molar-refractivity contribution in [3.05, 3.63) is 35.2 Å². The van der Waals surface area contributed by atoms with Crippen molar-refractivity contribution in [2.45, 2.75) is 25.5 Å². The van der Waals surface area contributed by atoms with Gasteiger partial charge in [-0.25, -0.2) is 0 Å². The van der Waals surface area contributed by atoms with Crippen molar-refractivity contribution in [1.82, 2.24) is 5.32 Å². The molecule has 2 aromatic rings. The third kappa shape index (κ3) is 1.98. The number of rotatable bonds is 3. The Morgan fingerprint density at radius 1 is 1.31 bits per heavy atom. The van der Waals surface area contributed by atoms with Crippen molar-refractivity contribution in [2.24, 2.45) is 0 Å². The first-order valence-corrected chi connectivity index (χ1v) is 6.28. The van der Waals surface area contributed by atoms with Gasteiger partial charge in [0.05, 0.1) is 11.6 Å². The van der Waals surface area contributed by atoms with E-state index in [1.807, 2.05) is 33.0 Å². The third-order valence-electron chi connectivity index (χ3n) is 2.82. The fraction of sp³-hybridized carbons (Fsp3) is 0.385. The maximum atomic E-state index is 10.2. The molecule has 0 bridgehead atoms. The molecule has 0 saturated carbocycles. The van der Waals surface area contributed by atoms with Crippen LogP contribution in [-0.4, -0.2) is 17.8 Å². The Bertz CT molecular complexity index is 484. The Balaban J connectivity index is 2.54. The van der Waals surface area contributed by atoms with Crippen molar-refractivity contribution in [1.29, 1.82) is 0 Å². The number of likely N-dealkylation sites (N-methyl/N-ethyl adjacent to an activating group) is 1. The van der Waals surface area contributed by atoms with Gasteiger partial charge in [-0.15, -0.1) is 11.3 Å². The molecule has 2 rings (SSSR count). The summed E-state index contributed by atoms with van der Waals surface area (Å²) in [5.74, 6) is 0. The molecule has 16 heavy (non-hydrogen) atoms. The first kappa shape index (κ1) is 11.6. The number of fused-ring (bicyclic) bond motifs is 1. The van der Waals surface area contributed by atoms with Crippen molar-refractivity contribution < 1.29 is 5.11 Å². The standard InChI is InChI=1S/C13H17NOS/c1-13(2,15)12(14-3)10-8-16-11-7-5-4-6-9(10)11/h4-8,12,14-15H,1-3H3. The summed E-state index contributed by atoms with van der Waals surface area (Å²) in [6.45, 7) is 3.67. The summed E-state index contributed by atoms with van der Waals surface area (Å²) in [6, 6.07) is 8.26. The summed E-state index contributed by atoms with van der Waals surface area (Å²) in [4.78, 5) is 0. The molecule has 0 aliphatic carbocycles. The van der Waals surface area contributed by atoms with Crippen molar-refractivity contribution >= 4 is 21.4 Å². The van der Waals surface area contributed by atoms with E-state index < -0.39 is 5.60 Å². The number of thiophene rings is 1. The van der Waals surface area contributed by atoms with Gasteiger partial charge in [-0.3, -0.25) is 0 Å². The lowest BCUT2D eigenvalue weighted by molar-refractivity contribution is 0.0407. The van der Waals surface area contributed by atoms with Crippen LogP contribution in [0.25, 0.3) is 10.1 Å². The summed E-state index contributed by atoms with van der Waals surface area (Å²) in [5, 5.41) is 16.7. The van der Waals surface area contributed by atoms with Gasteiger partial charge in [0.25, 0.3) is 0 Å². The zero-order valence-electron chi connectivity index (χ0n) is 9.82. The van der Waals surface area contributed by atoms with Gasteiger partial charge >= 0.3 is 0 Å². The summed E-state index contributed by atoms with van der Waals surface area (Å²) in [5.41, 5.74) is 0.411. The Kier molecular flexibility index (Phi) is 3.02. The minimum absolute atomic E-state index is 0.0383. The van der Waals surface area contributed by atoms with Crippen LogP contribution in [0.15, 0.2) is 29.6 Å². The highest BCUT2D eigenvalue weighted by atomic mass is 32.1. The first-order chi connectivity index (χ1) is 7.54. The molecular formula is C13H17NOS. The zero-order chi connectivity index (χ0) is 11.8. The highest BCUT2D eigenvalue weighted by Gasteiger charge is 2.28. The fourth-order valence-electron chi connectivity index (χ4n) is 2.11. The van der Waals surface area contributed by atoms with Gasteiger partial charge < -0.3 is 10.4 Å². The minimum Gasteiger partial charge on any atom is -0.388 e. The summed E-state index contributed by atoms with van der Waals surface area (Å²) >= 11 is 1.72. The van der Waals surface area contributed by atoms with Crippen LogP contribution < -0.4 is 5.32 Å². The molecule has 2 nitrogen and oxygen atoms in total. The van der Waals surface area contributed by atoms with E-state index in [4.69, 9.17) is 0 Å². The second kappa shape index (κ2) is 4.17. The average molecular weight is 235 g/mol. The highest BCUT2D eigenvalue weighted by molar-refractivity contribution is 7.17. The molecule has 1 aromatic carbocycles. The monoisotopic (exact) mass is 235 g/mol. The summed E-state index contributed by atoms with van der Waals surface area (Å²) in [6.07, 6.45) is 0. The number of nitrogens with one attached hydrogen (secondary N) is 1. The molecule has 0 fully saturated rings. The van der Waals surface area contributed by atoms with Crippen LogP contribution in [0.4, 0.5) is 0 Å². The molecule has 1 aromatic heterocycles. The van der Waals surface area contributed by atoms with Crippen LogP contribution in [-0.2, 0) is 0 Å². The van der Waals surface area contributed by atoms with Gasteiger partial charge in [-0.05, 0) is 43.3 Å². The minimum atomic E-state index is -0.765. The lowest BCUT2D eigenvalue weighted by Crippen LogP contribution is -2.37. The van der Waals surface area contributed by atoms with E-state index in [9.17, 15) is 5.11 Å². The third-order valence-corrected chi connectivity index (χ3v) is 3.80. The number of hydrogen-bond acceptors (Lipinski definition) is 3. The van der Waals surface area contributed by atoms with E-state index in [0.29, 0.717) is 0 Å². The Labute approximate surface area is 99.9 Å². The van der Waals surface area contributed by atoms with Crippen LogP contribution in [0, 0.1) is 0 Å². The molecule has 0 aliphatic heterocycles. The SMILES string of the molecule is CNC(c1csc2ccccc12)C(C)(C)O. The Morgan fingerprint density at radius 3 is 2.62 bits per heavy atom. The molecule has 2 N–H and O–H groups in total. The molecule has 0 amide bonds. The van der Waals surface area contributed by atoms with E-state index in [1.165, 1.54) is 15.6 Å². The first-order valence-electron chi connectivity index (χ1n) is 5.40. The molecule has 0 radical (unpaired) electrons.